The quantitative estimate of drug-likeness (QED) is 0.719. The molecule has 106 valence electrons. The lowest BCUT2D eigenvalue weighted by Gasteiger charge is -2.09. The number of benzene rings is 2. The van der Waals surface area contributed by atoms with Crippen molar-refractivity contribution in [2.24, 2.45) is 0 Å². The van der Waals surface area contributed by atoms with Crippen molar-refractivity contribution in [3.8, 4) is 0 Å². The number of aliphatic hydroxyl groups is 1. The van der Waals surface area contributed by atoms with Gasteiger partial charge in [-0.3, -0.25) is 4.79 Å². The molecule has 1 unspecified atom stereocenters. The zero-order chi connectivity index (χ0) is 14.9. The van der Waals surface area contributed by atoms with Crippen LogP contribution in [0.2, 0.25) is 0 Å². The van der Waals surface area contributed by atoms with Crippen LogP contribution < -0.4 is 0 Å². The monoisotopic (exact) mass is 279 g/mol. The highest BCUT2D eigenvalue weighted by Crippen LogP contribution is 2.17. The molecule has 2 N–H and O–H groups in total. The van der Waals surface area contributed by atoms with Crippen molar-refractivity contribution in [3.63, 3.8) is 0 Å². The molecule has 3 rings (SSSR count). The predicted octanol–water partition coefficient (Wildman–Crippen LogP) is 3.62. The van der Waals surface area contributed by atoms with E-state index in [9.17, 15) is 9.90 Å². The van der Waals surface area contributed by atoms with Crippen molar-refractivity contribution in [2.75, 3.05) is 0 Å². The van der Waals surface area contributed by atoms with Crippen molar-refractivity contribution in [1.82, 2.24) is 4.98 Å². The fourth-order valence-corrected chi connectivity index (χ4v) is 1.82. The molecule has 21 heavy (non-hydrogen) atoms. The molecule has 1 atom stereocenters. The van der Waals surface area contributed by atoms with E-state index in [0.717, 1.165) is 0 Å². The molecule has 0 aliphatic rings. The number of hydrogen-bond acceptors (Lipinski definition) is 2. The number of H-pyrrole nitrogens is 1. The van der Waals surface area contributed by atoms with Crippen LogP contribution in [0.4, 0.5) is 0 Å². The SMILES string of the molecule is O=C(c1ccccc1)C(O)c1ccccc1.c1cc[nH]c1. The standard InChI is InChI=1S/C14H12O2.C4H5N/c15-13(11-7-3-1-4-8-11)14(16)12-9-5-2-6-10-12;1-2-4-5-3-1/h1-10,13,15H;1-5H. The summed E-state index contributed by atoms with van der Waals surface area (Å²) in [7, 11) is 0. The molecule has 3 heteroatoms. The lowest BCUT2D eigenvalue weighted by Crippen LogP contribution is -2.11. The molecule has 0 aliphatic carbocycles. The van der Waals surface area contributed by atoms with Crippen LogP contribution in [0.5, 0.6) is 0 Å². The van der Waals surface area contributed by atoms with Crippen molar-refractivity contribution in [3.05, 3.63) is 96.3 Å². The summed E-state index contributed by atoms with van der Waals surface area (Å²) < 4.78 is 0. The highest BCUT2D eigenvalue weighted by molar-refractivity contribution is 5.99. The summed E-state index contributed by atoms with van der Waals surface area (Å²) >= 11 is 0. The number of aliphatic hydroxyl groups excluding tert-OH is 1. The second-order valence-electron chi connectivity index (χ2n) is 4.43. The molecule has 1 aromatic heterocycles. The minimum Gasteiger partial charge on any atom is -0.380 e. The fraction of sp³-hybridized carbons (Fsp3) is 0.0556. The predicted molar refractivity (Wildman–Crippen MR) is 83.0 cm³/mol. The maximum absolute atomic E-state index is 11.9. The Kier molecular flexibility index (Phi) is 5.50. The number of aromatic nitrogens is 1. The minimum absolute atomic E-state index is 0.271. The van der Waals surface area contributed by atoms with Crippen LogP contribution in [0.3, 0.4) is 0 Å². The fourth-order valence-electron chi connectivity index (χ4n) is 1.82. The van der Waals surface area contributed by atoms with Gasteiger partial charge in [-0.15, -0.1) is 0 Å². The second kappa shape index (κ2) is 7.82. The molecule has 3 nitrogen and oxygen atoms in total. The number of carbonyl (C=O) groups is 1. The normalized spacial score (nSPS) is 11.1. The summed E-state index contributed by atoms with van der Waals surface area (Å²) in [6.07, 6.45) is 2.67. The number of rotatable bonds is 3. The number of carbonyl (C=O) groups excluding carboxylic acids is 1. The van der Waals surface area contributed by atoms with Gasteiger partial charge in [-0.25, -0.2) is 0 Å². The maximum Gasteiger partial charge on any atom is 0.195 e. The van der Waals surface area contributed by atoms with Crippen LogP contribution in [0.1, 0.15) is 22.0 Å². The number of Topliss-reactive ketones (excluding diaryl/α,β-unsaturated/α-hetero) is 1. The maximum atomic E-state index is 11.9. The van der Waals surface area contributed by atoms with Crippen LogP contribution in [-0.2, 0) is 0 Å². The second-order valence-corrected chi connectivity index (χ2v) is 4.43. The summed E-state index contributed by atoms with van der Waals surface area (Å²) in [4.78, 5) is 14.8. The minimum atomic E-state index is -1.08. The van der Waals surface area contributed by atoms with Gasteiger partial charge in [0.15, 0.2) is 5.78 Å². The molecule has 0 aliphatic heterocycles. The van der Waals surface area contributed by atoms with E-state index in [1.807, 2.05) is 36.7 Å². The molecule has 2 aromatic carbocycles. The molecular formula is C18H17NO2. The number of ketones is 1. The number of nitrogens with one attached hydrogen (secondary N) is 1. The van der Waals surface area contributed by atoms with Crippen molar-refractivity contribution in [2.45, 2.75) is 6.10 Å². The Balaban J connectivity index is 0.000000272. The third-order valence-electron chi connectivity index (χ3n) is 2.92. The summed E-state index contributed by atoms with van der Waals surface area (Å²) in [6, 6.07) is 21.6. The first-order valence-corrected chi connectivity index (χ1v) is 6.69. The summed E-state index contributed by atoms with van der Waals surface area (Å²) in [5.41, 5.74) is 1.15. The van der Waals surface area contributed by atoms with Gasteiger partial charge in [0, 0.05) is 18.0 Å². The van der Waals surface area contributed by atoms with Gasteiger partial charge in [0.2, 0.25) is 0 Å². The summed E-state index contributed by atoms with van der Waals surface area (Å²) in [6.45, 7) is 0. The Bertz CT molecular complexity index is 616. The van der Waals surface area contributed by atoms with Gasteiger partial charge >= 0.3 is 0 Å². The molecule has 0 bridgehead atoms. The lowest BCUT2D eigenvalue weighted by atomic mass is 10.0. The first-order chi connectivity index (χ1) is 10.3. The van der Waals surface area contributed by atoms with Crippen LogP contribution in [-0.4, -0.2) is 15.9 Å². The van der Waals surface area contributed by atoms with Crippen molar-refractivity contribution < 1.29 is 9.90 Å². The first-order valence-electron chi connectivity index (χ1n) is 6.69. The number of hydrogen-bond donors (Lipinski definition) is 2. The summed E-state index contributed by atoms with van der Waals surface area (Å²) in [5, 5.41) is 9.89. The van der Waals surface area contributed by atoms with E-state index in [0.29, 0.717) is 11.1 Å². The Hall–Kier alpha value is -2.65. The van der Waals surface area contributed by atoms with Gasteiger partial charge in [0.1, 0.15) is 6.10 Å². The van der Waals surface area contributed by atoms with Gasteiger partial charge < -0.3 is 10.1 Å². The Morgan fingerprint density at radius 2 is 1.33 bits per heavy atom. The van der Waals surface area contributed by atoms with Crippen LogP contribution in [0.25, 0.3) is 0 Å². The van der Waals surface area contributed by atoms with Gasteiger partial charge in [-0.1, -0.05) is 60.7 Å². The largest absolute Gasteiger partial charge is 0.380 e. The van der Waals surface area contributed by atoms with E-state index in [1.165, 1.54) is 0 Å². The lowest BCUT2D eigenvalue weighted by molar-refractivity contribution is 0.0747. The average molecular weight is 279 g/mol. The van der Waals surface area contributed by atoms with Crippen LogP contribution in [0.15, 0.2) is 85.2 Å². The average Bonchev–Trinajstić information content (AvgIpc) is 3.15. The van der Waals surface area contributed by atoms with Gasteiger partial charge in [-0.05, 0) is 17.7 Å². The van der Waals surface area contributed by atoms with Gasteiger partial charge in [0.05, 0.1) is 0 Å². The molecule has 0 amide bonds. The summed E-state index contributed by atoms with van der Waals surface area (Å²) in [5.74, 6) is -0.271. The molecule has 0 saturated carbocycles. The van der Waals surface area contributed by atoms with E-state index in [1.54, 1.807) is 48.5 Å². The topological polar surface area (TPSA) is 53.1 Å². The third-order valence-corrected chi connectivity index (χ3v) is 2.92. The van der Waals surface area contributed by atoms with E-state index >= 15 is 0 Å². The highest BCUT2D eigenvalue weighted by atomic mass is 16.3. The zero-order valence-corrected chi connectivity index (χ0v) is 11.5. The molecule has 0 radical (unpaired) electrons. The zero-order valence-electron chi connectivity index (χ0n) is 11.5. The van der Waals surface area contributed by atoms with Gasteiger partial charge in [0.25, 0.3) is 0 Å². The molecule has 1 heterocycles. The van der Waals surface area contributed by atoms with Crippen molar-refractivity contribution in [1.29, 1.82) is 0 Å². The Morgan fingerprint density at radius 1 is 0.810 bits per heavy atom. The Labute approximate surface area is 123 Å². The van der Waals surface area contributed by atoms with E-state index in [-0.39, 0.29) is 5.78 Å². The van der Waals surface area contributed by atoms with Crippen LogP contribution >= 0.6 is 0 Å². The van der Waals surface area contributed by atoms with E-state index in [4.69, 9.17) is 0 Å². The van der Waals surface area contributed by atoms with Crippen LogP contribution in [0, 0.1) is 0 Å². The smallest absolute Gasteiger partial charge is 0.195 e. The Morgan fingerprint density at radius 3 is 1.81 bits per heavy atom. The van der Waals surface area contributed by atoms with E-state index in [2.05, 4.69) is 4.98 Å². The molecule has 0 fully saturated rings. The third kappa shape index (κ3) is 4.44. The molecular weight excluding hydrogens is 262 g/mol. The molecule has 0 spiro atoms. The highest BCUT2D eigenvalue weighted by Gasteiger charge is 2.18. The molecule has 3 aromatic rings. The van der Waals surface area contributed by atoms with E-state index < -0.39 is 6.10 Å². The number of aromatic amines is 1. The van der Waals surface area contributed by atoms with Gasteiger partial charge in [-0.2, -0.15) is 0 Å². The van der Waals surface area contributed by atoms with Crippen molar-refractivity contribution >= 4 is 5.78 Å². The first kappa shape index (κ1) is 14.8. The molecule has 0 saturated heterocycles.